The van der Waals surface area contributed by atoms with E-state index in [-0.39, 0.29) is 6.03 Å². The summed E-state index contributed by atoms with van der Waals surface area (Å²) in [5.41, 5.74) is 0.631. The highest BCUT2D eigenvalue weighted by atomic mass is 32.2. The van der Waals surface area contributed by atoms with E-state index in [0.29, 0.717) is 28.3 Å². The Bertz CT molecular complexity index is 471. The highest BCUT2D eigenvalue weighted by molar-refractivity contribution is 7.99. The number of alkyl halides is 2. The normalized spacial score (nSPS) is 18.3. The molecule has 3 nitrogen and oxygen atoms in total. The van der Waals surface area contributed by atoms with Crippen LogP contribution in [0.15, 0.2) is 29.2 Å². The number of thioether (sulfide) groups is 2. The van der Waals surface area contributed by atoms with Crippen molar-refractivity contribution < 1.29 is 13.6 Å². The van der Waals surface area contributed by atoms with Crippen LogP contribution in [0.2, 0.25) is 0 Å². The van der Waals surface area contributed by atoms with Crippen molar-refractivity contribution in [1.82, 2.24) is 4.90 Å². The van der Waals surface area contributed by atoms with Gasteiger partial charge < -0.3 is 10.2 Å². The van der Waals surface area contributed by atoms with Gasteiger partial charge in [-0.15, -0.1) is 0 Å². The molecule has 1 saturated heterocycles. The summed E-state index contributed by atoms with van der Waals surface area (Å²) in [6, 6.07) is 6.36. The monoisotopic (exact) mass is 332 g/mol. The Morgan fingerprint density at radius 2 is 2.14 bits per heavy atom. The van der Waals surface area contributed by atoms with Gasteiger partial charge in [-0.2, -0.15) is 20.5 Å². The molecule has 0 radical (unpaired) electrons. The molecule has 1 aromatic carbocycles. The van der Waals surface area contributed by atoms with E-state index < -0.39 is 5.76 Å². The van der Waals surface area contributed by atoms with Gasteiger partial charge in [-0.1, -0.05) is 11.8 Å². The van der Waals surface area contributed by atoms with E-state index in [4.69, 9.17) is 0 Å². The van der Waals surface area contributed by atoms with E-state index >= 15 is 0 Å². The zero-order valence-electron chi connectivity index (χ0n) is 11.7. The molecule has 7 heteroatoms. The number of halogens is 2. The largest absolute Gasteiger partial charge is 0.324 e. The average molecular weight is 332 g/mol. The minimum atomic E-state index is -2.43. The SMILES string of the molecule is CSCC1CCN(C(=O)Nc2ccc(SC(F)F)cc2)C1. The molecule has 1 heterocycles. The van der Waals surface area contributed by atoms with Gasteiger partial charge in [0, 0.05) is 23.7 Å². The Kier molecular flexibility index (Phi) is 6.17. The first-order valence-electron chi connectivity index (χ1n) is 6.68. The van der Waals surface area contributed by atoms with Crippen molar-refractivity contribution in [1.29, 1.82) is 0 Å². The second-order valence-electron chi connectivity index (χ2n) is 4.89. The zero-order chi connectivity index (χ0) is 15.2. The third-order valence-electron chi connectivity index (χ3n) is 3.31. The van der Waals surface area contributed by atoms with E-state index in [9.17, 15) is 13.6 Å². The summed E-state index contributed by atoms with van der Waals surface area (Å²) in [6.07, 6.45) is 3.11. The topological polar surface area (TPSA) is 32.3 Å². The maximum atomic E-state index is 12.2. The third kappa shape index (κ3) is 5.07. The first-order chi connectivity index (χ1) is 10.1. The minimum Gasteiger partial charge on any atom is -0.324 e. The molecule has 1 aliphatic rings. The summed E-state index contributed by atoms with van der Waals surface area (Å²) in [4.78, 5) is 14.4. The molecular weight excluding hydrogens is 314 g/mol. The van der Waals surface area contributed by atoms with Gasteiger partial charge in [0.05, 0.1) is 0 Å². The van der Waals surface area contributed by atoms with Crippen LogP contribution in [0.25, 0.3) is 0 Å². The number of carbonyl (C=O) groups excluding carboxylic acids is 1. The van der Waals surface area contributed by atoms with Crippen LogP contribution in [-0.2, 0) is 0 Å². The molecular formula is C14H18F2N2OS2. The van der Waals surface area contributed by atoms with Crippen LogP contribution in [0.1, 0.15) is 6.42 Å². The first-order valence-corrected chi connectivity index (χ1v) is 8.95. The predicted molar refractivity (Wildman–Crippen MR) is 85.4 cm³/mol. The van der Waals surface area contributed by atoms with Gasteiger partial charge in [0.25, 0.3) is 5.76 Å². The molecule has 1 unspecified atom stereocenters. The smallest absolute Gasteiger partial charge is 0.321 e. The van der Waals surface area contributed by atoms with Crippen molar-refractivity contribution in [2.75, 3.05) is 30.4 Å². The van der Waals surface area contributed by atoms with E-state index in [1.165, 1.54) is 0 Å². The molecule has 1 fully saturated rings. The van der Waals surface area contributed by atoms with Gasteiger partial charge in [0.15, 0.2) is 0 Å². The number of nitrogens with one attached hydrogen (secondary N) is 1. The summed E-state index contributed by atoms with van der Waals surface area (Å²) in [6.45, 7) is 1.56. The first kappa shape index (κ1) is 16.4. The van der Waals surface area contributed by atoms with E-state index in [2.05, 4.69) is 11.6 Å². The van der Waals surface area contributed by atoms with Crippen LogP contribution in [0.3, 0.4) is 0 Å². The molecule has 1 N–H and O–H groups in total. The van der Waals surface area contributed by atoms with Gasteiger partial charge in [0.2, 0.25) is 0 Å². The molecule has 0 aliphatic carbocycles. The molecule has 0 aromatic heterocycles. The second-order valence-corrected chi connectivity index (χ2v) is 6.86. The lowest BCUT2D eigenvalue weighted by Crippen LogP contribution is -2.33. The summed E-state index contributed by atoms with van der Waals surface area (Å²) in [5.74, 6) is -0.789. The van der Waals surface area contributed by atoms with E-state index in [1.54, 1.807) is 36.0 Å². The number of amides is 2. The van der Waals surface area contributed by atoms with Crippen LogP contribution < -0.4 is 5.32 Å². The zero-order valence-corrected chi connectivity index (χ0v) is 13.4. The number of likely N-dealkylation sites (tertiary alicyclic amines) is 1. The predicted octanol–water partition coefficient (Wildman–Crippen LogP) is 4.22. The Labute approximate surface area is 131 Å². The van der Waals surface area contributed by atoms with Gasteiger partial charge in [0.1, 0.15) is 0 Å². The number of nitrogens with zero attached hydrogens (tertiary/aromatic N) is 1. The summed E-state index contributed by atoms with van der Waals surface area (Å²) >= 11 is 2.30. The van der Waals surface area contributed by atoms with Crippen molar-refractivity contribution in [2.45, 2.75) is 17.1 Å². The van der Waals surface area contributed by atoms with Crippen LogP contribution in [0.4, 0.5) is 19.3 Å². The highest BCUT2D eigenvalue weighted by Gasteiger charge is 2.25. The van der Waals surface area contributed by atoms with Crippen molar-refractivity contribution in [3.8, 4) is 0 Å². The number of anilines is 1. The molecule has 0 bridgehead atoms. The number of benzene rings is 1. The maximum absolute atomic E-state index is 12.2. The molecule has 1 aliphatic heterocycles. The third-order valence-corrected chi connectivity index (χ3v) is 4.83. The Balaban J connectivity index is 1.85. The maximum Gasteiger partial charge on any atom is 0.321 e. The molecule has 116 valence electrons. The van der Waals surface area contributed by atoms with E-state index in [1.807, 2.05) is 4.90 Å². The van der Waals surface area contributed by atoms with Crippen LogP contribution in [-0.4, -0.2) is 41.8 Å². The second kappa shape index (κ2) is 7.89. The van der Waals surface area contributed by atoms with Crippen molar-refractivity contribution in [3.05, 3.63) is 24.3 Å². The molecule has 0 spiro atoms. The lowest BCUT2D eigenvalue weighted by molar-refractivity contribution is 0.221. The number of hydrogen-bond donors (Lipinski definition) is 1. The fourth-order valence-corrected chi connectivity index (χ4v) is 3.55. The van der Waals surface area contributed by atoms with Crippen molar-refractivity contribution in [3.63, 3.8) is 0 Å². The summed E-state index contributed by atoms with van der Waals surface area (Å²) < 4.78 is 24.4. The fourth-order valence-electron chi connectivity index (χ4n) is 2.31. The Morgan fingerprint density at radius 3 is 2.76 bits per heavy atom. The van der Waals surface area contributed by atoms with Gasteiger partial charge in [-0.25, -0.2) is 4.79 Å². The van der Waals surface area contributed by atoms with Gasteiger partial charge in [-0.05, 0) is 48.6 Å². The average Bonchev–Trinajstić information content (AvgIpc) is 2.89. The van der Waals surface area contributed by atoms with Crippen molar-refractivity contribution >= 4 is 35.2 Å². The number of carbonyl (C=O) groups is 1. The fraction of sp³-hybridized carbons (Fsp3) is 0.500. The van der Waals surface area contributed by atoms with Crippen molar-refractivity contribution in [2.24, 2.45) is 5.92 Å². The standard InChI is InChI=1S/C14H18F2N2OS2/c1-20-9-10-6-7-18(8-10)14(19)17-11-2-4-12(5-3-11)21-13(15)16/h2-5,10,13H,6-9H2,1H3,(H,17,19). The molecule has 1 atom stereocenters. The lowest BCUT2D eigenvalue weighted by Gasteiger charge is -2.17. The van der Waals surface area contributed by atoms with Crippen LogP contribution in [0, 0.1) is 5.92 Å². The molecule has 2 amide bonds. The quantitative estimate of drug-likeness (QED) is 0.820. The number of rotatable bonds is 5. The highest BCUT2D eigenvalue weighted by Crippen LogP contribution is 2.26. The number of urea groups is 1. The molecule has 1 aromatic rings. The van der Waals surface area contributed by atoms with Crippen LogP contribution >= 0.6 is 23.5 Å². The van der Waals surface area contributed by atoms with E-state index in [0.717, 1.165) is 25.3 Å². The van der Waals surface area contributed by atoms with Gasteiger partial charge >= 0.3 is 6.03 Å². The van der Waals surface area contributed by atoms with Gasteiger partial charge in [-0.3, -0.25) is 0 Å². The minimum absolute atomic E-state index is 0.118. The summed E-state index contributed by atoms with van der Waals surface area (Å²) in [5, 5.41) is 2.81. The number of hydrogen-bond acceptors (Lipinski definition) is 3. The molecule has 0 saturated carbocycles. The lowest BCUT2D eigenvalue weighted by atomic mass is 10.2. The Morgan fingerprint density at radius 1 is 1.43 bits per heavy atom. The summed E-state index contributed by atoms with van der Waals surface area (Å²) in [7, 11) is 0. The Hall–Kier alpha value is -0.950. The molecule has 2 rings (SSSR count). The molecule has 21 heavy (non-hydrogen) atoms. The van der Waals surface area contributed by atoms with Crippen LogP contribution in [0.5, 0.6) is 0 Å².